The number of nitrogens with zero attached hydrogens (tertiary/aromatic N) is 4. The summed E-state index contributed by atoms with van der Waals surface area (Å²) in [5, 5.41) is 10.0. The lowest BCUT2D eigenvalue weighted by molar-refractivity contribution is 1.18. The van der Waals surface area contributed by atoms with Crippen molar-refractivity contribution in [3.63, 3.8) is 0 Å². The molecule has 20 rings (SSSR count). The molecule has 0 atom stereocenters. The molecule has 0 aliphatic rings. The van der Waals surface area contributed by atoms with E-state index in [1.165, 1.54) is 165 Å². The Balaban J connectivity index is 0.000000139. The third kappa shape index (κ3) is 10.00. The van der Waals surface area contributed by atoms with E-state index in [-0.39, 0.29) is 0 Å². The van der Waals surface area contributed by atoms with Gasteiger partial charge in [-0.25, -0.2) is 0 Å². The number of hydrogen-bond donors (Lipinski definition) is 0. The summed E-state index contributed by atoms with van der Waals surface area (Å²) >= 11 is 0. The zero-order chi connectivity index (χ0) is 66.0. The minimum Gasteiger partial charge on any atom is -0.309 e. The predicted octanol–water partition coefficient (Wildman–Crippen LogP) is 25.8. The van der Waals surface area contributed by atoms with Crippen LogP contribution in [0.1, 0.15) is 0 Å². The van der Waals surface area contributed by atoms with Crippen LogP contribution in [0.5, 0.6) is 0 Å². The average Bonchev–Trinajstić information content (AvgIpc) is 1.61. The molecule has 0 fully saturated rings. The van der Waals surface area contributed by atoms with E-state index in [1.807, 2.05) is 0 Å². The fraction of sp³-hybridized carbons (Fsp3) is 0. The van der Waals surface area contributed by atoms with Crippen molar-refractivity contribution in [3.8, 4) is 89.5 Å². The smallest absolute Gasteiger partial charge is 0.0541 e. The highest BCUT2D eigenvalue weighted by molar-refractivity contribution is 6.15. The molecule has 4 nitrogen and oxygen atoms in total. The molecule has 0 unspecified atom stereocenters. The van der Waals surface area contributed by atoms with E-state index in [2.05, 4.69) is 407 Å². The van der Waals surface area contributed by atoms with Gasteiger partial charge >= 0.3 is 0 Å². The van der Waals surface area contributed by atoms with Gasteiger partial charge < -0.3 is 18.3 Å². The molecule has 4 aromatic heterocycles. The second kappa shape index (κ2) is 24.4. The van der Waals surface area contributed by atoms with Gasteiger partial charge in [0, 0.05) is 65.8 Å². The molecule has 468 valence electrons. The van der Waals surface area contributed by atoms with Crippen molar-refractivity contribution >= 4 is 87.2 Å². The number of fused-ring (bicyclic) bond motifs is 12. The van der Waals surface area contributed by atoms with E-state index in [4.69, 9.17) is 0 Å². The van der Waals surface area contributed by atoms with Crippen molar-refractivity contribution in [3.05, 3.63) is 388 Å². The number of aromatic nitrogens is 4. The van der Waals surface area contributed by atoms with Crippen LogP contribution < -0.4 is 0 Å². The van der Waals surface area contributed by atoms with E-state index >= 15 is 0 Å². The van der Waals surface area contributed by atoms with E-state index in [1.54, 1.807) is 0 Å². The quantitative estimate of drug-likeness (QED) is 0.130. The summed E-state index contributed by atoms with van der Waals surface area (Å²) in [5.74, 6) is 0. The van der Waals surface area contributed by atoms with Crippen molar-refractivity contribution < 1.29 is 0 Å². The van der Waals surface area contributed by atoms with Crippen molar-refractivity contribution in [2.45, 2.75) is 0 Å². The standard InChI is InChI=1S/2C48H32N2/c1-4-14-33(15-5-1)37-28-38(34-16-6-2-7-17-34)30-40(29-37)50-46-23-13-11-21-42(46)44-32-36(25-27-48(44)50)35-24-26-47-43(31-35)41-20-10-12-22-45(41)49(47)39-18-8-3-9-19-39;1-3-14-33(15-4-1)39-20-7-8-21-40(39)36-16-13-19-38(30-36)50-46-25-12-10-23-42(46)44-32-35(27-29-48(44)50)34-26-28-47-43(31-34)41-22-9-11-24-45(41)49(47)37-17-5-2-6-18-37/h2*1-32H. The molecule has 16 aromatic carbocycles. The highest BCUT2D eigenvalue weighted by Crippen LogP contribution is 2.43. The molecule has 4 heteroatoms. The Kier molecular flexibility index (Phi) is 14.2. The summed E-state index contributed by atoms with van der Waals surface area (Å²) in [6.07, 6.45) is 0. The maximum absolute atomic E-state index is 2.43. The third-order valence-corrected chi connectivity index (χ3v) is 20.2. The summed E-state index contributed by atoms with van der Waals surface area (Å²) in [6.45, 7) is 0. The second-order valence-corrected chi connectivity index (χ2v) is 26.0. The fourth-order valence-electron chi connectivity index (χ4n) is 15.6. The normalized spacial score (nSPS) is 11.6. The van der Waals surface area contributed by atoms with Gasteiger partial charge in [-0.3, -0.25) is 0 Å². The van der Waals surface area contributed by atoms with E-state index < -0.39 is 0 Å². The van der Waals surface area contributed by atoms with Crippen LogP contribution in [-0.2, 0) is 0 Å². The van der Waals surface area contributed by atoms with Gasteiger partial charge in [-0.1, -0.05) is 261 Å². The summed E-state index contributed by atoms with van der Waals surface area (Å²) in [6, 6.07) is 141. The van der Waals surface area contributed by atoms with Gasteiger partial charge in [-0.2, -0.15) is 0 Å². The van der Waals surface area contributed by atoms with Gasteiger partial charge in [0.15, 0.2) is 0 Å². The van der Waals surface area contributed by atoms with E-state index in [9.17, 15) is 0 Å². The Morgan fingerprint density at radius 1 is 0.120 bits per heavy atom. The number of para-hydroxylation sites is 6. The lowest BCUT2D eigenvalue weighted by Crippen LogP contribution is -1.96. The van der Waals surface area contributed by atoms with Gasteiger partial charge in [0.25, 0.3) is 0 Å². The highest BCUT2D eigenvalue weighted by Gasteiger charge is 2.21. The van der Waals surface area contributed by atoms with Crippen molar-refractivity contribution in [2.24, 2.45) is 0 Å². The number of benzene rings is 16. The summed E-state index contributed by atoms with van der Waals surface area (Å²) < 4.78 is 9.60. The molecule has 0 aliphatic carbocycles. The molecule has 20 aromatic rings. The van der Waals surface area contributed by atoms with E-state index in [0.29, 0.717) is 0 Å². The van der Waals surface area contributed by atoms with Crippen LogP contribution in [0, 0.1) is 0 Å². The summed E-state index contributed by atoms with van der Waals surface area (Å²) in [7, 11) is 0. The van der Waals surface area contributed by atoms with Gasteiger partial charge in [0.05, 0.1) is 44.1 Å². The fourth-order valence-corrected chi connectivity index (χ4v) is 15.6. The number of hydrogen-bond acceptors (Lipinski definition) is 0. The first-order valence-corrected chi connectivity index (χ1v) is 34.4. The van der Waals surface area contributed by atoms with Crippen molar-refractivity contribution in [1.29, 1.82) is 0 Å². The number of rotatable bonds is 10. The summed E-state index contributed by atoms with van der Waals surface area (Å²) in [5.41, 5.74) is 28.9. The lowest BCUT2D eigenvalue weighted by atomic mass is 9.94. The third-order valence-electron chi connectivity index (χ3n) is 20.2. The first kappa shape index (κ1) is 58.1. The largest absolute Gasteiger partial charge is 0.309 e. The van der Waals surface area contributed by atoms with Crippen LogP contribution in [0.25, 0.3) is 177 Å². The first-order valence-electron chi connectivity index (χ1n) is 34.4. The zero-order valence-corrected chi connectivity index (χ0v) is 54.7. The highest BCUT2D eigenvalue weighted by atomic mass is 15.0. The van der Waals surface area contributed by atoms with Gasteiger partial charge in [0.2, 0.25) is 0 Å². The maximum Gasteiger partial charge on any atom is 0.0541 e. The lowest BCUT2D eigenvalue weighted by Gasteiger charge is -2.14. The van der Waals surface area contributed by atoms with Gasteiger partial charge in [0.1, 0.15) is 0 Å². The van der Waals surface area contributed by atoms with Crippen LogP contribution in [0.15, 0.2) is 388 Å². The van der Waals surface area contributed by atoms with Gasteiger partial charge in [-0.05, 0) is 194 Å². The van der Waals surface area contributed by atoms with Crippen LogP contribution in [0.3, 0.4) is 0 Å². The SMILES string of the molecule is c1ccc(-c2cc(-c3ccccc3)cc(-n3c4ccccc4c4cc(-c5ccc6c(c5)c5ccccc5n6-c5ccccc5)ccc43)c2)cc1.c1ccc(-c2ccccc2-c2cccc(-n3c4ccccc4c4cc(-c5ccc6c(c5)c5ccccc5n6-c5ccccc5)ccc43)c2)cc1. The van der Waals surface area contributed by atoms with Crippen molar-refractivity contribution in [2.75, 3.05) is 0 Å². The molecular weight excluding hydrogens is 1210 g/mol. The average molecular weight is 1270 g/mol. The van der Waals surface area contributed by atoms with Crippen molar-refractivity contribution in [1.82, 2.24) is 18.3 Å². The first-order chi connectivity index (χ1) is 49.6. The molecule has 4 heterocycles. The Morgan fingerprint density at radius 3 is 0.760 bits per heavy atom. The second-order valence-electron chi connectivity index (χ2n) is 26.0. The van der Waals surface area contributed by atoms with E-state index in [0.717, 1.165) is 11.4 Å². The maximum atomic E-state index is 2.43. The molecule has 0 bridgehead atoms. The Bertz CT molecular complexity index is 6430. The van der Waals surface area contributed by atoms with Crippen LogP contribution in [0.4, 0.5) is 0 Å². The van der Waals surface area contributed by atoms with Gasteiger partial charge in [-0.15, -0.1) is 0 Å². The molecule has 0 radical (unpaired) electrons. The predicted molar refractivity (Wildman–Crippen MR) is 423 cm³/mol. The molecule has 0 aliphatic heterocycles. The molecule has 0 spiro atoms. The monoisotopic (exact) mass is 1270 g/mol. The molecule has 0 amide bonds. The molecule has 0 saturated carbocycles. The molecule has 0 N–H and O–H groups in total. The Hall–Kier alpha value is -13.3. The minimum atomic E-state index is 1.15. The molecular formula is C96H64N4. The topological polar surface area (TPSA) is 19.7 Å². The minimum absolute atomic E-state index is 1.15. The van der Waals surface area contributed by atoms with Crippen LogP contribution in [0.2, 0.25) is 0 Å². The molecule has 0 saturated heterocycles. The zero-order valence-electron chi connectivity index (χ0n) is 54.7. The Labute approximate surface area is 579 Å². The summed E-state index contributed by atoms with van der Waals surface area (Å²) in [4.78, 5) is 0. The molecule has 100 heavy (non-hydrogen) atoms. The van der Waals surface area contributed by atoms with Crippen LogP contribution in [-0.4, -0.2) is 18.3 Å². The Morgan fingerprint density at radius 2 is 0.380 bits per heavy atom. The van der Waals surface area contributed by atoms with Crippen LogP contribution >= 0.6 is 0 Å².